The Balaban J connectivity index is 1.81. The van der Waals surface area contributed by atoms with Crippen molar-refractivity contribution in [1.82, 2.24) is 4.90 Å². The maximum absolute atomic E-state index is 12.9. The third-order valence-electron chi connectivity index (χ3n) is 4.69. The number of benzene rings is 2. The second-order valence-electron chi connectivity index (χ2n) is 6.38. The standard InChI is InChI=1S/C20H23ClN2O3/c1-13-6-8-14(9-7-13)17-5-4-10-23(17)20(24)22-16-11-15(21)18(25-2)12-19(16)26-3/h6-9,11-12,17H,4-5,10H2,1-3H3,(H,22,24). The summed E-state index contributed by atoms with van der Waals surface area (Å²) in [6.07, 6.45) is 1.93. The largest absolute Gasteiger partial charge is 0.495 e. The molecule has 2 aromatic rings. The SMILES string of the molecule is COc1cc(OC)c(NC(=O)N2CCCC2c2ccc(C)cc2)cc1Cl. The highest BCUT2D eigenvalue weighted by atomic mass is 35.5. The van der Waals surface area contributed by atoms with E-state index in [9.17, 15) is 4.79 Å². The van der Waals surface area contributed by atoms with Crippen molar-refractivity contribution < 1.29 is 14.3 Å². The van der Waals surface area contributed by atoms with Crippen LogP contribution in [-0.2, 0) is 0 Å². The fourth-order valence-electron chi connectivity index (χ4n) is 3.29. The van der Waals surface area contributed by atoms with E-state index in [0.29, 0.717) is 22.2 Å². The van der Waals surface area contributed by atoms with Crippen LogP contribution in [0.5, 0.6) is 11.5 Å². The lowest BCUT2D eigenvalue weighted by molar-refractivity contribution is 0.207. The van der Waals surface area contributed by atoms with Gasteiger partial charge in [0.15, 0.2) is 0 Å². The number of nitrogens with zero attached hydrogens (tertiary/aromatic N) is 1. The number of nitrogens with one attached hydrogen (secondary N) is 1. The fourth-order valence-corrected chi connectivity index (χ4v) is 3.53. The Morgan fingerprint density at radius 1 is 1.15 bits per heavy atom. The molecule has 6 heteroatoms. The molecule has 0 aromatic heterocycles. The lowest BCUT2D eigenvalue weighted by Gasteiger charge is -2.26. The van der Waals surface area contributed by atoms with Gasteiger partial charge in [-0.05, 0) is 31.4 Å². The number of likely N-dealkylation sites (tertiary alicyclic amines) is 1. The van der Waals surface area contributed by atoms with Crippen molar-refractivity contribution in [2.75, 3.05) is 26.1 Å². The molecule has 0 bridgehead atoms. The Labute approximate surface area is 158 Å². The van der Waals surface area contributed by atoms with Crippen LogP contribution in [0.2, 0.25) is 5.02 Å². The highest BCUT2D eigenvalue weighted by Gasteiger charge is 2.30. The van der Waals surface area contributed by atoms with Crippen molar-refractivity contribution in [2.24, 2.45) is 0 Å². The van der Waals surface area contributed by atoms with Crippen LogP contribution in [0.1, 0.15) is 30.0 Å². The molecule has 1 saturated heterocycles. The van der Waals surface area contributed by atoms with Crippen molar-refractivity contribution in [3.05, 3.63) is 52.5 Å². The van der Waals surface area contributed by atoms with Crippen LogP contribution in [0.15, 0.2) is 36.4 Å². The summed E-state index contributed by atoms with van der Waals surface area (Å²) in [6.45, 7) is 2.78. The van der Waals surface area contributed by atoms with Crippen LogP contribution in [-0.4, -0.2) is 31.7 Å². The predicted octanol–water partition coefficient (Wildman–Crippen LogP) is 5.03. The molecular weight excluding hydrogens is 352 g/mol. The van der Waals surface area contributed by atoms with E-state index in [-0.39, 0.29) is 12.1 Å². The van der Waals surface area contributed by atoms with Crippen molar-refractivity contribution in [2.45, 2.75) is 25.8 Å². The van der Waals surface area contributed by atoms with E-state index in [1.165, 1.54) is 12.7 Å². The van der Waals surface area contributed by atoms with Gasteiger partial charge in [0, 0.05) is 12.6 Å². The van der Waals surface area contributed by atoms with Crippen LogP contribution in [0.3, 0.4) is 0 Å². The van der Waals surface area contributed by atoms with E-state index in [1.54, 1.807) is 19.2 Å². The van der Waals surface area contributed by atoms with Crippen LogP contribution in [0.25, 0.3) is 0 Å². The van der Waals surface area contributed by atoms with Crippen molar-refractivity contribution in [1.29, 1.82) is 0 Å². The summed E-state index contributed by atoms with van der Waals surface area (Å²) < 4.78 is 10.6. The minimum Gasteiger partial charge on any atom is -0.495 e. The second kappa shape index (κ2) is 7.87. The average Bonchev–Trinajstić information content (AvgIpc) is 3.12. The van der Waals surface area contributed by atoms with E-state index in [0.717, 1.165) is 24.9 Å². The van der Waals surface area contributed by atoms with Gasteiger partial charge in [0.25, 0.3) is 0 Å². The lowest BCUT2D eigenvalue weighted by atomic mass is 10.0. The maximum atomic E-state index is 12.9. The van der Waals surface area contributed by atoms with Gasteiger partial charge in [0.05, 0.1) is 31.0 Å². The summed E-state index contributed by atoms with van der Waals surface area (Å²) >= 11 is 6.20. The van der Waals surface area contributed by atoms with E-state index in [4.69, 9.17) is 21.1 Å². The van der Waals surface area contributed by atoms with Gasteiger partial charge in [0.2, 0.25) is 0 Å². The first-order valence-electron chi connectivity index (χ1n) is 8.59. The molecule has 26 heavy (non-hydrogen) atoms. The number of urea groups is 1. The zero-order valence-electron chi connectivity index (χ0n) is 15.2. The number of anilines is 1. The van der Waals surface area contributed by atoms with Crippen molar-refractivity contribution >= 4 is 23.3 Å². The van der Waals surface area contributed by atoms with Gasteiger partial charge in [-0.25, -0.2) is 4.79 Å². The number of halogens is 1. The minimum atomic E-state index is -0.160. The maximum Gasteiger partial charge on any atom is 0.322 e. The fraction of sp³-hybridized carbons (Fsp3) is 0.350. The van der Waals surface area contributed by atoms with E-state index < -0.39 is 0 Å². The molecule has 1 heterocycles. The normalized spacial score (nSPS) is 16.5. The third kappa shape index (κ3) is 3.73. The molecule has 1 N–H and O–H groups in total. The third-order valence-corrected chi connectivity index (χ3v) is 4.99. The minimum absolute atomic E-state index is 0.0790. The quantitative estimate of drug-likeness (QED) is 0.816. The Hall–Kier alpha value is -2.40. The number of hydrogen-bond donors (Lipinski definition) is 1. The van der Waals surface area contributed by atoms with E-state index in [2.05, 4.69) is 36.5 Å². The summed E-state index contributed by atoms with van der Waals surface area (Å²) in [5.41, 5.74) is 2.89. The molecule has 1 fully saturated rings. The van der Waals surface area contributed by atoms with Crippen LogP contribution < -0.4 is 14.8 Å². The first-order valence-corrected chi connectivity index (χ1v) is 8.97. The smallest absolute Gasteiger partial charge is 0.322 e. The van der Waals surface area contributed by atoms with E-state index >= 15 is 0 Å². The zero-order valence-corrected chi connectivity index (χ0v) is 16.0. The van der Waals surface area contributed by atoms with Crippen molar-refractivity contribution in [3.63, 3.8) is 0 Å². The van der Waals surface area contributed by atoms with Gasteiger partial charge in [-0.3, -0.25) is 0 Å². The summed E-state index contributed by atoms with van der Waals surface area (Å²) in [5.74, 6) is 1.01. The van der Waals surface area contributed by atoms with Crippen LogP contribution in [0.4, 0.5) is 10.5 Å². The monoisotopic (exact) mass is 374 g/mol. The van der Waals surface area contributed by atoms with Gasteiger partial charge in [-0.2, -0.15) is 0 Å². The van der Waals surface area contributed by atoms with Crippen LogP contribution >= 0.6 is 11.6 Å². The highest BCUT2D eigenvalue weighted by molar-refractivity contribution is 6.32. The van der Waals surface area contributed by atoms with Gasteiger partial charge in [-0.15, -0.1) is 0 Å². The first kappa shape index (κ1) is 18.4. The number of hydrogen-bond acceptors (Lipinski definition) is 3. The summed E-state index contributed by atoms with van der Waals surface area (Å²) in [5, 5.41) is 3.35. The Morgan fingerprint density at radius 3 is 2.50 bits per heavy atom. The van der Waals surface area contributed by atoms with Gasteiger partial charge >= 0.3 is 6.03 Å². The molecule has 0 aliphatic carbocycles. The summed E-state index contributed by atoms with van der Waals surface area (Å²) in [4.78, 5) is 14.7. The molecule has 138 valence electrons. The van der Waals surface area contributed by atoms with Gasteiger partial charge in [0.1, 0.15) is 11.5 Å². The predicted molar refractivity (Wildman–Crippen MR) is 103 cm³/mol. The molecule has 1 aliphatic heterocycles. The topological polar surface area (TPSA) is 50.8 Å². The number of ether oxygens (including phenoxy) is 2. The molecule has 2 amide bonds. The second-order valence-corrected chi connectivity index (χ2v) is 6.79. The lowest BCUT2D eigenvalue weighted by Crippen LogP contribution is -2.34. The molecule has 3 rings (SSSR count). The number of amides is 2. The van der Waals surface area contributed by atoms with Crippen LogP contribution in [0, 0.1) is 6.92 Å². The molecule has 0 saturated carbocycles. The van der Waals surface area contributed by atoms with Gasteiger partial charge < -0.3 is 19.7 Å². The Kier molecular flexibility index (Phi) is 5.57. The zero-order chi connectivity index (χ0) is 18.7. The molecule has 1 unspecified atom stereocenters. The molecule has 0 spiro atoms. The first-order chi connectivity index (χ1) is 12.5. The number of carbonyl (C=O) groups excluding carboxylic acids is 1. The number of aryl methyl sites for hydroxylation is 1. The number of carbonyl (C=O) groups is 1. The molecule has 2 aromatic carbocycles. The Morgan fingerprint density at radius 2 is 1.85 bits per heavy atom. The molecular formula is C20H23ClN2O3. The summed E-state index contributed by atoms with van der Waals surface area (Å²) in [6, 6.07) is 11.6. The van der Waals surface area contributed by atoms with Crippen molar-refractivity contribution in [3.8, 4) is 11.5 Å². The Bertz CT molecular complexity index is 792. The molecule has 1 aliphatic rings. The highest BCUT2D eigenvalue weighted by Crippen LogP contribution is 2.37. The molecule has 0 radical (unpaired) electrons. The van der Waals surface area contributed by atoms with Gasteiger partial charge in [-0.1, -0.05) is 41.4 Å². The van der Waals surface area contributed by atoms with E-state index in [1.807, 2.05) is 4.90 Å². The molecule has 1 atom stereocenters. The summed E-state index contributed by atoms with van der Waals surface area (Å²) in [7, 11) is 3.08. The molecule has 5 nitrogen and oxygen atoms in total. The average molecular weight is 375 g/mol. The number of methoxy groups -OCH3 is 2. The number of rotatable bonds is 4.